The molecule has 1 aliphatic rings. The summed E-state index contributed by atoms with van der Waals surface area (Å²) in [7, 11) is 0. The van der Waals surface area contributed by atoms with Crippen molar-refractivity contribution in [2.24, 2.45) is 5.92 Å². The average Bonchev–Trinajstić information content (AvgIpc) is 2.33. The van der Waals surface area contributed by atoms with Gasteiger partial charge in [-0.3, -0.25) is 4.79 Å². The van der Waals surface area contributed by atoms with Gasteiger partial charge in [-0.05, 0) is 34.8 Å². The van der Waals surface area contributed by atoms with Crippen LogP contribution in [0.15, 0.2) is 21.2 Å². The normalized spacial score (nSPS) is 26.8. The SMILES string of the molecule is O=C(O)C1CCC1c1occc1Br. The molecule has 1 fully saturated rings. The molecule has 1 heterocycles. The van der Waals surface area contributed by atoms with Crippen molar-refractivity contribution in [1.29, 1.82) is 0 Å². The van der Waals surface area contributed by atoms with E-state index in [4.69, 9.17) is 9.52 Å². The van der Waals surface area contributed by atoms with Gasteiger partial charge in [-0.25, -0.2) is 0 Å². The molecule has 0 saturated heterocycles. The molecule has 0 aliphatic heterocycles. The number of carbonyl (C=O) groups is 1. The molecule has 1 aromatic rings. The molecular weight excluding hydrogens is 236 g/mol. The van der Waals surface area contributed by atoms with Crippen molar-refractivity contribution in [3.05, 3.63) is 22.6 Å². The van der Waals surface area contributed by atoms with Crippen LogP contribution >= 0.6 is 15.9 Å². The highest BCUT2D eigenvalue weighted by Gasteiger charge is 2.40. The summed E-state index contributed by atoms with van der Waals surface area (Å²) in [6.45, 7) is 0. The lowest BCUT2D eigenvalue weighted by Gasteiger charge is -2.31. The van der Waals surface area contributed by atoms with Crippen LogP contribution in [0.3, 0.4) is 0 Å². The number of carboxylic acids is 1. The fraction of sp³-hybridized carbons (Fsp3) is 0.444. The molecule has 4 heteroatoms. The summed E-state index contributed by atoms with van der Waals surface area (Å²) in [6.07, 6.45) is 3.24. The second kappa shape index (κ2) is 3.18. The molecule has 13 heavy (non-hydrogen) atoms. The summed E-state index contributed by atoms with van der Waals surface area (Å²) in [5, 5.41) is 8.84. The van der Waals surface area contributed by atoms with Gasteiger partial charge in [0.05, 0.1) is 16.7 Å². The van der Waals surface area contributed by atoms with Crippen LogP contribution in [0.5, 0.6) is 0 Å². The monoisotopic (exact) mass is 244 g/mol. The first-order chi connectivity index (χ1) is 6.20. The molecule has 3 nitrogen and oxygen atoms in total. The highest BCUT2D eigenvalue weighted by molar-refractivity contribution is 9.10. The molecule has 1 aliphatic carbocycles. The molecule has 1 saturated carbocycles. The first-order valence-corrected chi connectivity index (χ1v) is 4.95. The van der Waals surface area contributed by atoms with E-state index in [0.717, 1.165) is 23.1 Å². The number of rotatable bonds is 2. The van der Waals surface area contributed by atoms with E-state index >= 15 is 0 Å². The van der Waals surface area contributed by atoms with Gasteiger partial charge in [0.25, 0.3) is 0 Å². The van der Waals surface area contributed by atoms with Crippen molar-refractivity contribution in [1.82, 2.24) is 0 Å². The second-order valence-corrected chi connectivity index (χ2v) is 4.12. The van der Waals surface area contributed by atoms with E-state index in [1.54, 1.807) is 12.3 Å². The van der Waals surface area contributed by atoms with Crippen molar-refractivity contribution in [2.45, 2.75) is 18.8 Å². The van der Waals surface area contributed by atoms with Crippen LogP contribution in [-0.4, -0.2) is 11.1 Å². The molecule has 2 rings (SSSR count). The maximum absolute atomic E-state index is 10.7. The van der Waals surface area contributed by atoms with Gasteiger partial charge < -0.3 is 9.52 Å². The van der Waals surface area contributed by atoms with E-state index in [2.05, 4.69) is 15.9 Å². The summed E-state index contributed by atoms with van der Waals surface area (Å²) >= 11 is 3.33. The topological polar surface area (TPSA) is 50.4 Å². The van der Waals surface area contributed by atoms with E-state index in [9.17, 15) is 4.79 Å². The minimum Gasteiger partial charge on any atom is -0.481 e. The number of aliphatic carboxylic acids is 1. The molecule has 2 atom stereocenters. The van der Waals surface area contributed by atoms with Gasteiger partial charge in [-0.1, -0.05) is 0 Å². The Morgan fingerprint density at radius 3 is 2.77 bits per heavy atom. The molecule has 0 aromatic carbocycles. The Balaban J connectivity index is 2.19. The number of hydrogen-bond donors (Lipinski definition) is 1. The zero-order valence-corrected chi connectivity index (χ0v) is 8.45. The zero-order valence-electron chi connectivity index (χ0n) is 6.87. The predicted molar refractivity (Wildman–Crippen MR) is 49.5 cm³/mol. The minimum absolute atomic E-state index is 0.0573. The third kappa shape index (κ3) is 1.39. The van der Waals surface area contributed by atoms with E-state index in [0.29, 0.717) is 0 Å². The molecule has 0 bridgehead atoms. The van der Waals surface area contributed by atoms with Crippen molar-refractivity contribution >= 4 is 21.9 Å². The molecule has 70 valence electrons. The van der Waals surface area contributed by atoms with E-state index < -0.39 is 5.97 Å². The standard InChI is InChI=1S/C9H9BrO3/c10-7-3-4-13-8(7)5-1-2-6(5)9(11)12/h3-6H,1-2H2,(H,11,12). The summed E-state index contributed by atoms with van der Waals surface area (Å²) in [5.74, 6) is -0.150. The molecule has 1 N–H and O–H groups in total. The van der Waals surface area contributed by atoms with Crippen molar-refractivity contribution in [2.75, 3.05) is 0 Å². The zero-order chi connectivity index (χ0) is 9.42. The summed E-state index contributed by atoms with van der Waals surface area (Å²) in [5.41, 5.74) is 0. The van der Waals surface area contributed by atoms with Crippen LogP contribution in [0.2, 0.25) is 0 Å². The number of carboxylic acid groups (broad SMARTS) is 1. The average molecular weight is 245 g/mol. The Labute approximate surface area is 83.9 Å². The van der Waals surface area contributed by atoms with Crippen molar-refractivity contribution in [3.8, 4) is 0 Å². The Hall–Kier alpha value is -0.770. The van der Waals surface area contributed by atoms with Crippen LogP contribution in [0.1, 0.15) is 24.5 Å². The van der Waals surface area contributed by atoms with Crippen LogP contribution in [0, 0.1) is 5.92 Å². The predicted octanol–water partition coefficient (Wildman–Crippen LogP) is 2.62. The number of hydrogen-bond acceptors (Lipinski definition) is 2. The van der Waals surface area contributed by atoms with Crippen LogP contribution in [0.4, 0.5) is 0 Å². The van der Waals surface area contributed by atoms with Gasteiger partial charge in [-0.15, -0.1) is 0 Å². The Morgan fingerprint density at radius 1 is 1.62 bits per heavy atom. The van der Waals surface area contributed by atoms with Crippen LogP contribution in [0.25, 0.3) is 0 Å². The van der Waals surface area contributed by atoms with Gasteiger partial charge in [0.1, 0.15) is 5.76 Å². The van der Waals surface area contributed by atoms with E-state index in [1.807, 2.05) is 0 Å². The maximum Gasteiger partial charge on any atom is 0.307 e. The summed E-state index contributed by atoms with van der Waals surface area (Å²) in [6, 6.07) is 1.80. The highest BCUT2D eigenvalue weighted by atomic mass is 79.9. The molecule has 0 spiro atoms. The smallest absolute Gasteiger partial charge is 0.307 e. The Kier molecular flexibility index (Phi) is 2.15. The largest absolute Gasteiger partial charge is 0.481 e. The Bertz CT molecular complexity index is 331. The highest BCUT2D eigenvalue weighted by Crippen LogP contribution is 2.45. The molecular formula is C9H9BrO3. The molecule has 1 aromatic heterocycles. The lowest BCUT2D eigenvalue weighted by atomic mass is 9.72. The van der Waals surface area contributed by atoms with Gasteiger partial charge in [0, 0.05) is 5.92 Å². The fourth-order valence-corrected chi connectivity index (χ4v) is 2.17. The number of halogens is 1. The second-order valence-electron chi connectivity index (χ2n) is 3.26. The lowest BCUT2D eigenvalue weighted by Crippen LogP contribution is -2.30. The van der Waals surface area contributed by atoms with Crippen LogP contribution < -0.4 is 0 Å². The quantitative estimate of drug-likeness (QED) is 0.871. The van der Waals surface area contributed by atoms with Crippen LogP contribution in [-0.2, 0) is 4.79 Å². The third-order valence-electron chi connectivity index (χ3n) is 2.57. The Morgan fingerprint density at radius 2 is 2.38 bits per heavy atom. The third-order valence-corrected chi connectivity index (χ3v) is 3.23. The minimum atomic E-state index is -0.723. The fourth-order valence-electron chi connectivity index (χ4n) is 1.68. The van der Waals surface area contributed by atoms with Gasteiger partial charge in [-0.2, -0.15) is 0 Å². The first kappa shape index (κ1) is 8.81. The van der Waals surface area contributed by atoms with Crippen molar-refractivity contribution < 1.29 is 14.3 Å². The van der Waals surface area contributed by atoms with E-state index in [1.165, 1.54) is 0 Å². The van der Waals surface area contributed by atoms with Gasteiger partial charge in [0.2, 0.25) is 0 Å². The summed E-state index contributed by atoms with van der Waals surface area (Å²) < 4.78 is 6.12. The molecule has 0 amide bonds. The summed E-state index contributed by atoms with van der Waals surface area (Å²) in [4.78, 5) is 10.7. The molecule has 0 radical (unpaired) electrons. The van der Waals surface area contributed by atoms with E-state index in [-0.39, 0.29) is 11.8 Å². The molecule has 2 unspecified atom stereocenters. The first-order valence-electron chi connectivity index (χ1n) is 4.16. The lowest BCUT2D eigenvalue weighted by molar-refractivity contribution is -0.145. The number of furan rings is 1. The van der Waals surface area contributed by atoms with Gasteiger partial charge in [0.15, 0.2) is 0 Å². The maximum atomic E-state index is 10.7. The van der Waals surface area contributed by atoms with Crippen molar-refractivity contribution in [3.63, 3.8) is 0 Å². The van der Waals surface area contributed by atoms with Gasteiger partial charge >= 0.3 is 5.97 Å².